The smallest absolute Gasteiger partial charge is 0.0931 e. The van der Waals surface area contributed by atoms with E-state index in [1.807, 2.05) is 6.07 Å². The van der Waals surface area contributed by atoms with Crippen molar-refractivity contribution in [1.82, 2.24) is 5.32 Å². The van der Waals surface area contributed by atoms with Crippen LogP contribution in [0.2, 0.25) is 4.34 Å². The zero-order chi connectivity index (χ0) is 10.2. The highest BCUT2D eigenvalue weighted by atomic mass is 35.5. The third kappa shape index (κ3) is 4.61. The third-order valence-corrected chi connectivity index (χ3v) is 3.11. The SMILES string of the molecule is N#CCCCNCCc1ccc(Cl)s1. The summed E-state index contributed by atoms with van der Waals surface area (Å²) in [6.45, 7) is 1.88. The first-order valence-electron chi connectivity index (χ1n) is 4.65. The van der Waals surface area contributed by atoms with Gasteiger partial charge >= 0.3 is 0 Å². The van der Waals surface area contributed by atoms with Gasteiger partial charge in [0.05, 0.1) is 10.4 Å². The Morgan fingerprint density at radius 2 is 2.29 bits per heavy atom. The zero-order valence-electron chi connectivity index (χ0n) is 7.92. The highest BCUT2D eigenvalue weighted by Gasteiger charge is 1.96. The monoisotopic (exact) mass is 228 g/mol. The summed E-state index contributed by atoms with van der Waals surface area (Å²) in [7, 11) is 0. The summed E-state index contributed by atoms with van der Waals surface area (Å²) < 4.78 is 0.851. The van der Waals surface area contributed by atoms with Crippen LogP contribution in [0.3, 0.4) is 0 Å². The van der Waals surface area contributed by atoms with Gasteiger partial charge in [0, 0.05) is 11.3 Å². The summed E-state index contributed by atoms with van der Waals surface area (Å²) in [6.07, 6.45) is 2.59. The van der Waals surface area contributed by atoms with E-state index < -0.39 is 0 Å². The molecule has 14 heavy (non-hydrogen) atoms. The summed E-state index contributed by atoms with van der Waals surface area (Å²) >= 11 is 7.43. The van der Waals surface area contributed by atoms with Crippen LogP contribution >= 0.6 is 22.9 Å². The van der Waals surface area contributed by atoms with Gasteiger partial charge in [-0.1, -0.05) is 11.6 Å². The molecule has 2 nitrogen and oxygen atoms in total. The molecule has 0 aliphatic rings. The van der Waals surface area contributed by atoms with E-state index in [0.717, 1.165) is 30.3 Å². The number of unbranched alkanes of at least 4 members (excludes halogenated alkanes) is 1. The Kier molecular flexibility index (Phi) is 5.62. The van der Waals surface area contributed by atoms with E-state index in [1.165, 1.54) is 4.88 Å². The lowest BCUT2D eigenvalue weighted by atomic mass is 10.3. The fourth-order valence-electron chi connectivity index (χ4n) is 1.12. The van der Waals surface area contributed by atoms with Crippen molar-refractivity contribution in [3.05, 3.63) is 21.3 Å². The maximum atomic E-state index is 8.31. The van der Waals surface area contributed by atoms with Gasteiger partial charge in [-0.05, 0) is 38.1 Å². The lowest BCUT2D eigenvalue weighted by molar-refractivity contribution is 0.657. The van der Waals surface area contributed by atoms with Crippen LogP contribution in [0.5, 0.6) is 0 Å². The average molecular weight is 229 g/mol. The first-order valence-corrected chi connectivity index (χ1v) is 5.84. The summed E-state index contributed by atoms with van der Waals surface area (Å²) in [4.78, 5) is 1.31. The van der Waals surface area contributed by atoms with Gasteiger partial charge in [-0.25, -0.2) is 0 Å². The minimum absolute atomic E-state index is 0.637. The standard InChI is InChI=1S/C10H13ClN2S/c11-10-4-3-9(14-10)5-8-13-7-2-1-6-12/h3-4,13H,1-2,5,7-8H2. The number of hydrogen-bond donors (Lipinski definition) is 1. The molecule has 0 aliphatic carbocycles. The first kappa shape index (κ1) is 11.5. The van der Waals surface area contributed by atoms with Gasteiger partial charge in [-0.2, -0.15) is 5.26 Å². The summed E-state index contributed by atoms with van der Waals surface area (Å²) in [5.41, 5.74) is 0. The van der Waals surface area contributed by atoms with Crippen LogP contribution in [0.4, 0.5) is 0 Å². The maximum Gasteiger partial charge on any atom is 0.0931 e. The molecular weight excluding hydrogens is 216 g/mol. The minimum atomic E-state index is 0.637. The number of nitrogens with zero attached hydrogens (tertiary/aromatic N) is 1. The first-order chi connectivity index (χ1) is 6.83. The molecular formula is C10H13ClN2S. The van der Waals surface area contributed by atoms with Crippen LogP contribution in [-0.4, -0.2) is 13.1 Å². The van der Waals surface area contributed by atoms with E-state index in [1.54, 1.807) is 11.3 Å². The van der Waals surface area contributed by atoms with Gasteiger partial charge in [0.25, 0.3) is 0 Å². The van der Waals surface area contributed by atoms with Crippen LogP contribution in [0.15, 0.2) is 12.1 Å². The van der Waals surface area contributed by atoms with Crippen molar-refractivity contribution in [3.63, 3.8) is 0 Å². The second-order valence-electron chi connectivity index (χ2n) is 2.97. The molecule has 1 rings (SSSR count). The van der Waals surface area contributed by atoms with Gasteiger partial charge in [-0.15, -0.1) is 11.3 Å². The largest absolute Gasteiger partial charge is 0.316 e. The Labute approximate surface area is 93.5 Å². The second kappa shape index (κ2) is 6.83. The number of hydrogen-bond acceptors (Lipinski definition) is 3. The lowest BCUT2D eigenvalue weighted by Crippen LogP contribution is -2.17. The summed E-state index contributed by atoms with van der Waals surface area (Å²) in [6, 6.07) is 6.11. The van der Waals surface area contributed by atoms with Crippen LogP contribution in [0, 0.1) is 11.3 Å². The van der Waals surface area contributed by atoms with Crippen molar-refractivity contribution >= 4 is 22.9 Å². The van der Waals surface area contributed by atoms with Crippen LogP contribution in [0.25, 0.3) is 0 Å². The molecule has 0 radical (unpaired) electrons. The van der Waals surface area contributed by atoms with Crippen molar-refractivity contribution in [2.75, 3.05) is 13.1 Å². The van der Waals surface area contributed by atoms with Crippen LogP contribution in [-0.2, 0) is 6.42 Å². The molecule has 1 aromatic heterocycles. The Bertz CT molecular complexity index is 303. The molecule has 0 aliphatic heterocycles. The molecule has 0 fully saturated rings. The lowest BCUT2D eigenvalue weighted by Gasteiger charge is -2.00. The van der Waals surface area contributed by atoms with Crippen molar-refractivity contribution in [2.45, 2.75) is 19.3 Å². The molecule has 76 valence electrons. The second-order valence-corrected chi connectivity index (χ2v) is 4.77. The highest BCUT2D eigenvalue weighted by Crippen LogP contribution is 2.21. The number of nitrogens with one attached hydrogen (secondary N) is 1. The van der Waals surface area contributed by atoms with Crippen molar-refractivity contribution in [1.29, 1.82) is 5.26 Å². The average Bonchev–Trinajstić information content (AvgIpc) is 2.58. The molecule has 0 spiro atoms. The number of rotatable bonds is 6. The molecule has 4 heteroatoms. The van der Waals surface area contributed by atoms with E-state index >= 15 is 0 Å². The molecule has 0 bridgehead atoms. The Morgan fingerprint density at radius 3 is 2.93 bits per heavy atom. The molecule has 1 N–H and O–H groups in total. The third-order valence-electron chi connectivity index (χ3n) is 1.82. The van der Waals surface area contributed by atoms with E-state index in [2.05, 4.69) is 17.5 Å². The fraction of sp³-hybridized carbons (Fsp3) is 0.500. The molecule has 0 saturated heterocycles. The molecule has 0 amide bonds. The Hall–Kier alpha value is -0.560. The van der Waals surface area contributed by atoms with Gasteiger partial charge in [0.15, 0.2) is 0 Å². The van der Waals surface area contributed by atoms with Crippen molar-refractivity contribution in [2.24, 2.45) is 0 Å². The topological polar surface area (TPSA) is 35.8 Å². The Morgan fingerprint density at radius 1 is 1.43 bits per heavy atom. The quantitative estimate of drug-likeness (QED) is 0.761. The molecule has 1 aromatic rings. The summed E-state index contributed by atoms with van der Waals surface area (Å²) in [5, 5.41) is 11.6. The highest BCUT2D eigenvalue weighted by molar-refractivity contribution is 7.16. The number of nitriles is 1. The van der Waals surface area contributed by atoms with Crippen LogP contribution in [0.1, 0.15) is 17.7 Å². The fourth-order valence-corrected chi connectivity index (χ4v) is 2.20. The number of halogens is 1. The minimum Gasteiger partial charge on any atom is -0.316 e. The van der Waals surface area contributed by atoms with Gasteiger partial charge < -0.3 is 5.32 Å². The normalized spacial score (nSPS) is 10.0. The van der Waals surface area contributed by atoms with Crippen molar-refractivity contribution < 1.29 is 0 Å². The molecule has 1 heterocycles. The number of thiophene rings is 1. The Balaban J connectivity index is 2.02. The van der Waals surface area contributed by atoms with Gasteiger partial charge in [0.1, 0.15) is 0 Å². The van der Waals surface area contributed by atoms with E-state index in [0.29, 0.717) is 6.42 Å². The summed E-state index contributed by atoms with van der Waals surface area (Å²) in [5.74, 6) is 0. The molecule has 0 unspecified atom stereocenters. The molecule has 0 aromatic carbocycles. The molecule has 0 atom stereocenters. The van der Waals surface area contributed by atoms with Crippen molar-refractivity contribution in [3.8, 4) is 6.07 Å². The predicted molar refractivity (Wildman–Crippen MR) is 60.7 cm³/mol. The predicted octanol–water partition coefficient (Wildman–Crippen LogP) is 2.84. The van der Waals surface area contributed by atoms with Gasteiger partial charge in [0.2, 0.25) is 0 Å². The van der Waals surface area contributed by atoms with E-state index in [-0.39, 0.29) is 0 Å². The maximum absolute atomic E-state index is 8.31. The zero-order valence-corrected chi connectivity index (χ0v) is 9.50. The van der Waals surface area contributed by atoms with Gasteiger partial charge in [-0.3, -0.25) is 0 Å². The van der Waals surface area contributed by atoms with E-state index in [4.69, 9.17) is 16.9 Å². The van der Waals surface area contributed by atoms with Crippen LogP contribution < -0.4 is 5.32 Å². The van der Waals surface area contributed by atoms with E-state index in [9.17, 15) is 0 Å². The molecule has 0 saturated carbocycles.